The van der Waals surface area contributed by atoms with E-state index in [2.05, 4.69) is 5.32 Å². The van der Waals surface area contributed by atoms with Gasteiger partial charge in [-0.05, 0) is 41.8 Å². The van der Waals surface area contributed by atoms with Gasteiger partial charge in [-0.1, -0.05) is 95.8 Å². The number of carbonyl (C=O) groups is 2. The number of benzene rings is 3. The van der Waals surface area contributed by atoms with E-state index in [1.54, 1.807) is 41.3 Å². The number of hydrogen-bond donors (Lipinski definition) is 1. The van der Waals surface area contributed by atoms with Gasteiger partial charge in [-0.25, -0.2) is 0 Å². The molecule has 0 aliphatic rings. The number of nitrogens with one attached hydrogen (secondary N) is 1. The lowest BCUT2D eigenvalue weighted by Gasteiger charge is -2.32. The van der Waals surface area contributed by atoms with Gasteiger partial charge < -0.3 is 10.2 Å². The first-order chi connectivity index (χ1) is 17.8. The molecule has 2 amide bonds. The molecule has 0 aliphatic carbocycles. The van der Waals surface area contributed by atoms with Crippen LogP contribution >= 0.6 is 58.2 Å². The van der Waals surface area contributed by atoms with Gasteiger partial charge in [0.2, 0.25) is 11.8 Å². The summed E-state index contributed by atoms with van der Waals surface area (Å²) in [4.78, 5) is 28.7. The quantitative estimate of drug-likeness (QED) is 0.233. The zero-order valence-electron chi connectivity index (χ0n) is 20.4. The van der Waals surface area contributed by atoms with Crippen molar-refractivity contribution in [2.75, 3.05) is 12.3 Å². The normalized spacial score (nSPS) is 11.7. The Morgan fingerprint density at radius 1 is 0.838 bits per heavy atom. The molecule has 9 heteroatoms. The topological polar surface area (TPSA) is 49.4 Å². The molecule has 0 spiro atoms. The monoisotopic (exact) mass is 596 g/mol. The van der Waals surface area contributed by atoms with Crippen molar-refractivity contribution in [3.63, 3.8) is 0 Å². The Bertz CT molecular complexity index is 1170. The number of rotatable bonds is 12. The molecular weight excluding hydrogens is 570 g/mol. The van der Waals surface area contributed by atoms with Crippen molar-refractivity contribution in [1.29, 1.82) is 0 Å². The molecule has 0 aromatic heterocycles. The van der Waals surface area contributed by atoms with Crippen LogP contribution < -0.4 is 5.32 Å². The Labute approximate surface area is 242 Å². The lowest BCUT2D eigenvalue weighted by Crippen LogP contribution is -2.51. The SMILES string of the molecule is CCCNC(=O)C(Cc1ccccc1)N(Cc1c(Cl)cccc1Cl)C(=O)CSCc1c(Cl)cccc1Cl. The van der Waals surface area contributed by atoms with Crippen LogP contribution in [0.4, 0.5) is 0 Å². The zero-order valence-corrected chi connectivity index (χ0v) is 24.2. The second kappa shape index (κ2) is 14.9. The van der Waals surface area contributed by atoms with Crippen LogP contribution in [0.3, 0.4) is 0 Å². The smallest absolute Gasteiger partial charge is 0.243 e. The van der Waals surface area contributed by atoms with Crippen LogP contribution in [-0.2, 0) is 28.3 Å². The lowest BCUT2D eigenvalue weighted by atomic mass is 10.0. The summed E-state index contributed by atoms with van der Waals surface area (Å²) in [6.45, 7) is 2.59. The fourth-order valence-electron chi connectivity index (χ4n) is 3.77. The number of halogens is 4. The second-order valence-electron chi connectivity index (χ2n) is 8.41. The zero-order chi connectivity index (χ0) is 26.8. The van der Waals surface area contributed by atoms with Crippen LogP contribution in [-0.4, -0.2) is 35.1 Å². The maximum Gasteiger partial charge on any atom is 0.243 e. The summed E-state index contributed by atoms with van der Waals surface area (Å²) >= 11 is 26.9. The minimum Gasteiger partial charge on any atom is -0.354 e. The average Bonchev–Trinajstić information content (AvgIpc) is 2.88. The molecule has 3 aromatic rings. The van der Waals surface area contributed by atoms with E-state index in [4.69, 9.17) is 46.4 Å². The van der Waals surface area contributed by atoms with Crippen molar-refractivity contribution in [2.24, 2.45) is 0 Å². The van der Waals surface area contributed by atoms with Crippen LogP contribution in [0.5, 0.6) is 0 Å². The number of hydrogen-bond acceptors (Lipinski definition) is 3. The molecule has 37 heavy (non-hydrogen) atoms. The molecule has 0 heterocycles. The molecule has 0 radical (unpaired) electrons. The third-order valence-corrected chi connectivity index (χ3v) is 8.10. The van der Waals surface area contributed by atoms with E-state index in [1.165, 1.54) is 11.8 Å². The van der Waals surface area contributed by atoms with Crippen LogP contribution in [0.25, 0.3) is 0 Å². The number of amides is 2. The van der Waals surface area contributed by atoms with E-state index in [-0.39, 0.29) is 24.1 Å². The maximum atomic E-state index is 13.7. The van der Waals surface area contributed by atoms with Gasteiger partial charge in [-0.15, -0.1) is 11.8 Å². The predicted octanol–water partition coefficient (Wildman–Crippen LogP) is 7.70. The van der Waals surface area contributed by atoms with Gasteiger partial charge in [0.25, 0.3) is 0 Å². The number of nitrogens with zero attached hydrogens (tertiary/aromatic N) is 1. The lowest BCUT2D eigenvalue weighted by molar-refractivity contribution is -0.139. The standard InChI is InChI=1S/C28H28Cl4N2O2S/c1-2-14-33-28(36)26(15-19-8-4-3-5-9-19)34(16-20-22(29)10-6-11-23(20)30)27(35)18-37-17-21-24(31)12-7-13-25(21)32/h3-13,26H,2,14-18H2,1H3,(H,33,36). The molecule has 0 bridgehead atoms. The first kappa shape index (κ1) is 29.7. The van der Waals surface area contributed by atoms with Gasteiger partial charge in [0.1, 0.15) is 6.04 Å². The fraction of sp³-hybridized carbons (Fsp3) is 0.286. The molecule has 0 aliphatic heterocycles. The van der Waals surface area contributed by atoms with Crippen LogP contribution in [0.15, 0.2) is 66.7 Å². The summed E-state index contributed by atoms with van der Waals surface area (Å²) in [5.74, 6) is 0.143. The molecule has 0 fully saturated rings. The van der Waals surface area contributed by atoms with Gasteiger partial charge in [0.15, 0.2) is 0 Å². The van der Waals surface area contributed by atoms with Crippen molar-refractivity contribution in [2.45, 2.75) is 38.1 Å². The third-order valence-electron chi connectivity index (χ3n) is 5.74. The van der Waals surface area contributed by atoms with Crippen LogP contribution in [0, 0.1) is 0 Å². The van der Waals surface area contributed by atoms with E-state index in [0.717, 1.165) is 17.5 Å². The van der Waals surface area contributed by atoms with Gasteiger partial charge >= 0.3 is 0 Å². The van der Waals surface area contributed by atoms with Gasteiger partial charge in [-0.2, -0.15) is 0 Å². The minimum absolute atomic E-state index is 0.0990. The molecule has 1 unspecified atom stereocenters. The average molecular weight is 598 g/mol. The van der Waals surface area contributed by atoms with Crippen LogP contribution in [0.1, 0.15) is 30.0 Å². The highest BCUT2D eigenvalue weighted by Gasteiger charge is 2.31. The second-order valence-corrected chi connectivity index (χ2v) is 11.0. The summed E-state index contributed by atoms with van der Waals surface area (Å²) in [5.41, 5.74) is 2.31. The summed E-state index contributed by atoms with van der Waals surface area (Å²) in [6, 6.07) is 19.4. The largest absolute Gasteiger partial charge is 0.354 e. The van der Waals surface area contributed by atoms with E-state index in [0.29, 0.717) is 44.4 Å². The van der Waals surface area contributed by atoms with E-state index < -0.39 is 6.04 Å². The van der Waals surface area contributed by atoms with Crippen LogP contribution in [0.2, 0.25) is 20.1 Å². The van der Waals surface area contributed by atoms with E-state index >= 15 is 0 Å². The van der Waals surface area contributed by atoms with Gasteiger partial charge in [0.05, 0.1) is 5.75 Å². The van der Waals surface area contributed by atoms with Gasteiger partial charge in [-0.3, -0.25) is 9.59 Å². The Hall–Kier alpha value is -1.89. The first-order valence-corrected chi connectivity index (χ1v) is 14.5. The molecule has 1 atom stereocenters. The highest BCUT2D eigenvalue weighted by molar-refractivity contribution is 7.99. The molecule has 3 aromatic carbocycles. The van der Waals surface area contributed by atoms with Crippen molar-refractivity contribution in [3.05, 3.63) is 104 Å². The minimum atomic E-state index is -0.752. The summed E-state index contributed by atoms with van der Waals surface area (Å²) in [6.07, 6.45) is 1.13. The molecule has 3 rings (SSSR count). The Kier molecular flexibility index (Phi) is 11.9. The van der Waals surface area contributed by atoms with Gasteiger partial charge in [0, 0.05) is 50.9 Å². The van der Waals surface area contributed by atoms with E-state index in [9.17, 15) is 9.59 Å². The van der Waals surface area contributed by atoms with Crippen molar-refractivity contribution < 1.29 is 9.59 Å². The molecular formula is C28H28Cl4N2O2S. The number of carbonyl (C=O) groups excluding carboxylic acids is 2. The molecule has 0 saturated heterocycles. The van der Waals surface area contributed by atoms with Crippen molar-refractivity contribution in [3.8, 4) is 0 Å². The third kappa shape index (κ3) is 8.56. The summed E-state index contributed by atoms with van der Waals surface area (Å²) in [5, 5.41) is 4.93. The maximum absolute atomic E-state index is 13.7. The highest BCUT2D eigenvalue weighted by atomic mass is 35.5. The number of thioether (sulfide) groups is 1. The summed E-state index contributed by atoms with van der Waals surface area (Å²) < 4.78 is 0. The molecule has 0 saturated carbocycles. The fourth-order valence-corrected chi connectivity index (χ4v) is 5.93. The Morgan fingerprint density at radius 2 is 1.41 bits per heavy atom. The van der Waals surface area contributed by atoms with E-state index in [1.807, 2.05) is 37.3 Å². The Balaban J connectivity index is 1.90. The summed E-state index contributed by atoms with van der Waals surface area (Å²) in [7, 11) is 0. The predicted molar refractivity (Wildman–Crippen MR) is 157 cm³/mol. The Morgan fingerprint density at radius 3 is 1.97 bits per heavy atom. The molecule has 196 valence electrons. The van der Waals surface area contributed by atoms with Crippen molar-refractivity contribution in [1.82, 2.24) is 10.2 Å². The highest BCUT2D eigenvalue weighted by Crippen LogP contribution is 2.30. The first-order valence-electron chi connectivity index (χ1n) is 11.9. The molecule has 4 nitrogen and oxygen atoms in total. The molecule has 1 N–H and O–H groups in total. The van der Waals surface area contributed by atoms with Crippen molar-refractivity contribution >= 4 is 70.0 Å².